The lowest BCUT2D eigenvalue weighted by molar-refractivity contribution is 0.00465. The lowest BCUT2D eigenvalue weighted by Gasteiger charge is -2.28. The van der Waals surface area contributed by atoms with E-state index in [2.05, 4.69) is 4.90 Å². The summed E-state index contributed by atoms with van der Waals surface area (Å²) >= 11 is 18.1. The molecule has 1 aliphatic heterocycles. The van der Waals surface area contributed by atoms with Crippen LogP contribution in [0.5, 0.6) is 11.5 Å². The zero-order chi connectivity index (χ0) is 23.8. The van der Waals surface area contributed by atoms with Gasteiger partial charge in [-0.2, -0.15) is 0 Å². The van der Waals surface area contributed by atoms with E-state index in [-0.39, 0.29) is 32.2 Å². The number of rotatable bonds is 11. The molecule has 7 nitrogen and oxygen atoms in total. The molecule has 0 aromatic heterocycles. The van der Waals surface area contributed by atoms with E-state index in [1.807, 2.05) is 0 Å². The fourth-order valence-corrected chi connectivity index (χ4v) is 5.38. The highest BCUT2D eigenvalue weighted by Crippen LogP contribution is 2.37. The molecule has 1 saturated heterocycles. The zero-order valence-electron chi connectivity index (χ0n) is 17.9. The second kappa shape index (κ2) is 12.4. The van der Waals surface area contributed by atoms with Gasteiger partial charge in [0.1, 0.15) is 18.5 Å². The molecule has 33 heavy (non-hydrogen) atoms. The SMILES string of the molecule is O=S(=O)(c1ccc(OC[C@H](O)CN2CCOCC2)cc1)c1cc(Cl)c(OCCCCl)c(Cl)c1. The first-order valence-electron chi connectivity index (χ1n) is 10.4. The van der Waals surface area contributed by atoms with Gasteiger partial charge in [-0.05, 0) is 42.8 Å². The fraction of sp³-hybridized carbons (Fsp3) is 0.455. The van der Waals surface area contributed by atoms with E-state index in [0.717, 1.165) is 13.1 Å². The van der Waals surface area contributed by atoms with Gasteiger partial charge >= 0.3 is 0 Å². The minimum atomic E-state index is -3.86. The number of aliphatic hydroxyl groups excluding tert-OH is 1. The number of ether oxygens (including phenoxy) is 3. The lowest BCUT2D eigenvalue weighted by Crippen LogP contribution is -2.42. The topological polar surface area (TPSA) is 85.3 Å². The molecular formula is C22H26Cl3NO6S. The first-order valence-corrected chi connectivity index (χ1v) is 13.2. The molecule has 11 heteroatoms. The fourth-order valence-electron chi connectivity index (χ4n) is 3.24. The third kappa shape index (κ3) is 7.36. The number of halogens is 3. The van der Waals surface area contributed by atoms with Crippen LogP contribution >= 0.6 is 34.8 Å². The van der Waals surface area contributed by atoms with Gasteiger partial charge in [0, 0.05) is 25.5 Å². The van der Waals surface area contributed by atoms with Crippen molar-refractivity contribution >= 4 is 44.6 Å². The monoisotopic (exact) mass is 537 g/mol. The average molecular weight is 539 g/mol. The molecular weight excluding hydrogens is 513 g/mol. The Kier molecular flexibility index (Phi) is 9.94. The molecule has 0 radical (unpaired) electrons. The molecule has 1 fully saturated rings. The van der Waals surface area contributed by atoms with Crippen LogP contribution in [0.25, 0.3) is 0 Å². The lowest BCUT2D eigenvalue weighted by atomic mass is 10.3. The second-order valence-corrected chi connectivity index (χ2v) is 10.6. The Morgan fingerprint density at radius 1 is 1.03 bits per heavy atom. The van der Waals surface area contributed by atoms with Crippen LogP contribution in [0.2, 0.25) is 10.0 Å². The molecule has 2 aromatic rings. The van der Waals surface area contributed by atoms with Crippen LogP contribution in [0.4, 0.5) is 0 Å². The summed E-state index contributed by atoms with van der Waals surface area (Å²) in [5.74, 6) is 1.10. The Morgan fingerprint density at radius 3 is 2.27 bits per heavy atom. The molecule has 1 aliphatic rings. The number of hydrogen-bond acceptors (Lipinski definition) is 7. The summed E-state index contributed by atoms with van der Waals surface area (Å²) in [5, 5.41) is 10.4. The first-order chi connectivity index (χ1) is 15.8. The van der Waals surface area contributed by atoms with E-state index in [4.69, 9.17) is 49.0 Å². The molecule has 1 heterocycles. The zero-order valence-corrected chi connectivity index (χ0v) is 21.0. The van der Waals surface area contributed by atoms with Gasteiger partial charge < -0.3 is 19.3 Å². The number of sulfone groups is 1. The summed E-state index contributed by atoms with van der Waals surface area (Å²) < 4.78 is 42.5. The van der Waals surface area contributed by atoms with Gasteiger partial charge in [0.15, 0.2) is 5.75 Å². The molecule has 0 aliphatic carbocycles. The standard InChI is InChI=1S/C22H26Cl3NO6S/c23-6-1-9-31-22-20(24)12-19(13-21(22)25)33(28,29)18-4-2-17(3-5-18)32-15-16(27)14-26-7-10-30-11-8-26/h2-5,12-13,16,27H,1,6-11,14-15H2/t16-/m1/s1. The predicted molar refractivity (Wildman–Crippen MR) is 128 cm³/mol. The van der Waals surface area contributed by atoms with Crippen LogP contribution in [0, 0.1) is 0 Å². The highest BCUT2D eigenvalue weighted by molar-refractivity contribution is 7.91. The molecule has 2 aromatic carbocycles. The summed E-state index contributed by atoms with van der Waals surface area (Å²) in [6, 6.07) is 8.58. The minimum absolute atomic E-state index is 0.0446. The smallest absolute Gasteiger partial charge is 0.206 e. The molecule has 0 amide bonds. The van der Waals surface area contributed by atoms with E-state index in [1.54, 1.807) is 12.1 Å². The summed E-state index contributed by atoms with van der Waals surface area (Å²) in [4.78, 5) is 2.13. The van der Waals surface area contributed by atoms with Crippen molar-refractivity contribution in [3.05, 3.63) is 46.4 Å². The Labute approximate surface area is 209 Å². The van der Waals surface area contributed by atoms with Gasteiger partial charge in [0.25, 0.3) is 0 Å². The van der Waals surface area contributed by atoms with Crippen LogP contribution in [-0.2, 0) is 14.6 Å². The quantitative estimate of drug-likeness (QED) is 0.343. The number of hydrogen-bond donors (Lipinski definition) is 1. The van der Waals surface area contributed by atoms with Crippen molar-refractivity contribution in [2.45, 2.75) is 22.3 Å². The van der Waals surface area contributed by atoms with Gasteiger partial charge in [-0.15, -0.1) is 11.6 Å². The van der Waals surface area contributed by atoms with Crippen LogP contribution in [0.3, 0.4) is 0 Å². The Hall–Kier alpha value is -1.26. The number of alkyl halides is 1. The van der Waals surface area contributed by atoms with Gasteiger partial charge in [-0.25, -0.2) is 8.42 Å². The normalized spacial score (nSPS) is 15.9. The van der Waals surface area contributed by atoms with E-state index in [0.29, 0.717) is 44.4 Å². The average Bonchev–Trinajstić information content (AvgIpc) is 2.80. The molecule has 0 saturated carbocycles. The van der Waals surface area contributed by atoms with Crippen LogP contribution in [0.15, 0.2) is 46.2 Å². The Balaban J connectivity index is 1.63. The van der Waals surface area contributed by atoms with Crippen molar-refractivity contribution in [3.63, 3.8) is 0 Å². The third-order valence-electron chi connectivity index (χ3n) is 4.96. The number of β-amino-alcohol motifs (C(OH)–C–C–N with tert-alkyl or cyclic N) is 1. The molecule has 182 valence electrons. The van der Waals surface area contributed by atoms with E-state index in [9.17, 15) is 13.5 Å². The second-order valence-electron chi connectivity index (χ2n) is 7.46. The number of morpholine rings is 1. The van der Waals surface area contributed by atoms with E-state index < -0.39 is 15.9 Å². The molecule has 1 atom stereocenters. The van der Waals surface area contributed by atoms with Crippen molar-refractivity contribution in [1.82, 2.24) is 4.90 Å². The summed E-state index contributed by atoms with van der Waals surface area (Å²) in [7, 11) is -3.86. The van der Waals surface area contributed by atoms with E-state index in [1.165, 1.54) is 24.3 Å². The molecule has 0 unspecified atom stereocenters. The Morgan fingerprint density at radius 2 is 1.67 bits per heavy atom. The highest BCUT2D eigenvalue weighted by atomic mass is 35.5. The maximum atomic E-state index is 13.0. The van der Waals surface area contributed by atoms with Crippen molar-refractivity contribution in [2.24, 2.45) is 0 Å². The molecule has 3 rings (SSSR count). The first kappa shape index (κ1) is 26.3. The van der Waals surface area contributed by atoms with E-state index >= 15 is 0 Å². The summed E-state index contributed by atoms with van der Waals surface area (Å²) in [5.41, 5.74) is 0. The van der Waals surface area contributed by atoms with Crippen molar-refractivity contribution in [2.75, 3.05) is 51.9 Å². The minimum Gasteiger partial charge on any atom is -0.491 e. The van der Waals surface area contributed by atoms with Gasteiger partial charge in [0.2, 0.25) is 9.84 Å². The molecule has 1 N–H and O–H groups in total. The van der Waals surface area contributed by atoms with Gasteiger partial charge in [-0.3, -0.25) is 4.90 Å². The Bertz CT molecular complexity index is 990. The maximum Gasteiger partial charge on any atom is 0.206 e. The molecule has 0 spiro atoms. The number of aliphatic hydroxyl groups is 1. The van der Waals surface area contributed by atoms with Gasteiger partial charge in [-0.1, -0.05) is 23.2 Å². The summed E-state index contributed by atoms with van der Waals surface area (Å²) in [6.45, 7) is 3.77. The van der Waals surface area contributed by atoms with Crippen LogP contribution < -0.4 is 9.47 Å². The third-order valence-corrected chi connectivity index (χ3v) is 7.53. The molecule has 0 bridgehead atoms. The number of nitrogens with zero attached hydrogens (tertiary/aromatic N) is 1. The van der Waals surface area contributed by atoms with Gasteiger partial charge in [0.05, 0.1) is 39.7 Å². The van der Waals surface area contributed by atoms with Crippen molar-refractivity contribution in [3.8, 4) is 11.5 Å². The number of benzene rings is 2. The van der Waals surface area contributed by atoms with Crippen LogP contribution in [0.1, 0.15) is 6.42 Å². The highest BCUT2D eigenvalue weighted by Gasteiger charge is 2.22. The maximum absolute atomic E-state index is 13.0. The summed E-state index contributed by atoms with van der Waals surface area (Å²) in [6.07, 6.45) is -0.0617. The van der Waals surface area contributed by atoms with Crippen molar-refractivity contribution < 1.29 is 27.7 Å². The van der Waals surface area contributed by atoms with Crippen molar-refractivity contribution in [1.29, 1.82) is 0 Å². The van der Waals surface area contributed by atoms with Crippen LogP contribution in [-0.4, -0.2) is 76.5 Å². The predicted octanol–water partition coefficient (Wildman–Crippen LogP) is 3.91. The largest absolute Gasteiger partial charge is 0.491 e.